The second-order valence-corrected chi connectivity index (χ2v) is 8.27. The van der Waals surface area contributed by atoms with Gasteiger partial charge in [0.15, 0.2) is 0 Å². The summed E-state index contributed by atoms with van der Waals surface area (Å²) in [6.45, 7) is 10.8. The zero-order valence-electron chi connectivity index (χ0n) is 17.5. The van der Waals surface area contributed by atoms with Gasteiger partial charge < -0.3 is 9.47 Å². The molecule has 8 nitrogen and oxygen atoms in total. The number of ether oxygens (including phenoxy) is 2. The van der Waals surface area contributed by atoms with E-state index in [0.29, 0.717) is 39.8 Å². The number of hydrogen-bond acceptors (Lipinski definition) is 6. The molecule has 3 aliphatic rings. The summed E-state index contributed by atoms with van der Waals surface area (Å²) in [7, 11) is 0. The molecule has 0 radical (unpaired) electrons. The molecule has 3 aliphatic heterocycles. The average molecular weight is 397 g/mol. The molecule has 1 unspecified atom stereocenters. The van der Waals surface area contributed by atoms with Gasteiger partial charge >= 0.3 is 6.03 Å². The van der Waals surface area contributed by atoms with Crippen LogP contribution in [0.15, 0.2) is 0 Å². The number of hydrogen-bond donors (Lipinski definition) is 0. The molecule has 0 spiro atoms. The maximum Gasteiger partial charge on any atom is 0.329 e. The zero-order chi connectivity index (χ0) is 20.0. The summed E-state index contributed by atoms with van der Waals surface area (Å²) in [4.78, 5) is 34.3. The molecule has 0 saturated carbocycles. The number of nitrogens with zero attached hydrogens (tertiary/aromatic N) is 4. The summed E-state index contributed by atoms with van der Waals surface area (Å²) in [6, 6.07) is -0.152. The molecule has 3 heterocycles. The number of carbonyl (C=O) groups is 2. The summed E-state index contributed by atoms with van der Waals surface area (Å²) in [5.41, 5.74) is -0.755. The van der Waals surface area contributed by atoms with Crippen molar-refractivity contribution in [3.63, 3.8) is 0 Å². The first-order valence-corrected chi connectivity index (χ1v) is 10.8. The van der Waals surface area contributed by atoms with Gasteiger partial charge in [-0.3, -0.25) is 19.5 Å². The Kier molecular flexibility index (Phi) is 7.68. The summed E-state index contributed by atoms with van der Waals surface area (Å²) >= 11 is 0. The average Bonchev–Trinajstić information content (AvgIpc) is 2.89. The van der Waals surface area contributed by atoms with E-state index in [9.17, 15) is 9.59 Å². The fraction of sp³-hybridized carbons (Fsp3) is 0.900. The van der Waals surface area contributed by atoms with Crippen molar-refractivity contribution in [3.8, 4) is 0 Å². The quantitative estimate of drug-likeness (QED) is 0.435. The molecule has 3 amide bonds. The highest BCUT2D eigenvalue weighted by Crippen LogP contribution is 2.33. The van der Waals surface area contributed by atoms with Gasteiger partial charge in [-0.05, 0) is 13.3 Å². The highest BCUT2D eigenvalue weighted by atomic mass is 16.5. The number of urea groups is 1. The van der Waals surface area contributed by atoms with Crippen LogP contribution in [0.5, 0.6) is 0 Å². The van der Waals surface area contributed by atoms with Crippen LogP contribution in [0.1, 0.15) is 46.0 Å². The monoisotopic (exact) mass is 396 g/mol. The van der Waals surface area contributed by atoms with Gasteiger partial charge in [-0.15, -0.1) is 0 Å². The summed E-state index contributed by atoms with van der Waals surface area (Å²) in [6.07, 6.45) is 5.11. The van der Waals surface area contributed by atoms with Crippen LogP contribution in [0.3, 0.4) is 0 Å². The first-order chi connectivity index (χ1) is 13.6. The van der Waals surface area contributed by atoms with E-state index in [0.717, 1.165) is 51.9 Å². The molecular formula is C20H36N4O4. The molecule has 160 valence electrons. The van der Waals surface area contributed by atoms with Crippen molar-refractivity contribution in [2.45, 2.75) is 51.5 Å². The Morgan fingerprint density at radius 2 is 1.43 bits per heavy atom. The Labute approximate surface area is 168 Å². The fourth-order valence-corrected chi connectivity index (χ4v) is 4.21. The summed E-state index contributed by atoms with van der Waals surface area (Å²) in [5, 5.41) is 0. The number of imide groups is 1. The second-order valence-electron chi connectivity index (χ2n) is 8.27. The minimum absolute atomic E-state index is 0.0475. The van der Waals surface area contributed by atoms with Gasteiger partial charge in [-0.2, -0.15) is 0 Å². The van der Waals surface area contributed by atoms with Gasteiger partial charge in [0.25, 0.3) is 5.91 Å². The zero-order valence-corrected chi connectivity index (χ0v) is 17.5. The van der Waals surface area contributed by atoms with E-state index in [2.05, 4.69) is 16.7 Å². The highest BCUT2D eigenvalue weighted by Gasteiger charge is 2.54. The van der Waals surface area contributed by atoms with Gasteiger partial charge in [-0.1, -0.05) is 32.6 Å². The molecule has 1 atom stereocenters. The largest absolute Gasteiger partial charge is 0.379 e. The molecule has 0 bridgehead atoms. The lowest BCUT2D eigenvalue weighted by Gasteiger charge is -2.37. The molecule has 3 saturated heterocycles. The summed E-state index contributed by atoms with van der Waals surface area (Å²) in [5.74, 6) is -0.0475. The Morgan fingerprint density at radius 1 is 0.857 bits per heavy atom. The van der Waals surface area contributed by atoms with Gasteiger partial charge in [-0.25, -0.2) is 9.69 Å². The highest BCUT2D eigenvalue weighted by molar-refractivity contribution is 6.06. The van der Waals surface area contributed by atoms with Crippen molar-refractivity contribution < 1.29 is 19.1 Å². The smallest absolute Gasteiger partial charge is 0.329 e. The normalized spacial score (nSPS) is 27.8. The molecule has 3 fully saturated rings. The van der Waals surface area contributed by atoms with E-state index in [1.807, 2.05) is 11.8 Å². The molecular weight excluding hydrogens is 360 g/mol. The minimum atomic E-state index is -0.755. The Balaban J connectivity index is 1.71. The van der Waals surface area contributed by atoms with Gasteiger partial charge in [0.1, 0.15) is 5.54 Å². The Hall–Kier alpha value is -1.22. The molecule has 0 aromatic carbocycles. The van der Waals surface area contributed by atoms with Crippen LogP contribution in [-0.2, 0) is 14.3 Å². The van der Waals surface area contributed by atoms with Crippen molar-refractivity contribution in [1.29, 1.82) is 0 Å². The van der Waals surface area contributed by atoms with E-state index < -0.39 is 5.54 Å². The van der Waals surface area contributed by atoms with Gasteiger partial charge in [0, 0.05) is 26.2 Å². The third kappa shape index (κ3) is 4.84. The van der Waals surface area contributed by atoms with Crippen molar-refractivity contribution >= 4 is 11.9 Å². The van der Waals surface area contributed by atoms with Crippen LogP contribution >= 0.6 is 0 Å². The second kappa shape index (κ2) is 10.0. The lowest BCUT2D eigenvalue weighted by atomic mass is 9.92. The van der Waals surface area contributed by atoms with E-state index in [1.54, 1.807) is 0 Å². The maximum absolute atomic E-state index is 13.4. The first kappa shape index (κ1) is 21.5. The third-order valence-corrected chi connectivity index (χ3v) is 6.17. The minimum Gasteiger partial charge on any atom is -0.379 e. The SMILES string of the molecule is CCCCCCC1(C)C(=O)N(CN2CCOCC2)C(=O)N1CN1CCOCC1. The van der Waals surface area contributed by atoms with Crippen molar-refractivity contribution in [3.05, 3.63) is 0 Å². The molecule has 28 heavy (non-hydrogen) atoms. The predicted molar refractivity (Wildman–Crippen MR) is 106 cm³/mol. The maximum atomic E-state index is 13.4. The van der Waals surface area contributed by atoms with E-state index >= 15 is 0 Å². The molecule has 0 aromatic rings. The van der Waals surface area contributed by atoms with Crippen molar-refractivity contribution in [1.82, 2.24) is 19.6 Å². The molecule has 0 N–H and O–H groups in total. The number of unbranched alkanes of at least 4 members (excludes halogenated alkanes) is 3. The van der Waals surface area contributed by atoms with E-state index in [4.69, 9.17) is 9.47 Å². The first-order valence-electron chi connectivity index (χ1n) is 10.8. The van der Waals surface area contributed by atoms with E-state index in [-0.39, 0.29) is 11.9 Å². The topological polar surface area (TPSA) is 65.6 Å². The van der Waals surface area contributed by atoms with Crippen molar-refractivity contribution in [2.75, 3.05) is 65.9 Å². The summed E-state index contributed by atoms with van der Waals surface area (Å²) < 4.78 is 10.8. The fourth-order valence-electron chi connectivity index (χ4n) is 4.21. The van der Waals surface area contributed by atoms with Crippen LogP contribution < -0.4 is 0 Å². The van der Waals surface area contributed by atoms with Crippen LogP contribution in [0.4, 0.5) is 4.79 Å². The van der Waals surface area contributed by atoms with Crippen LogP contribution in [0.25, 0.3) is 0 Å². The van der Waals surface area contributed by atoms with Crippen LogP contribution in [0, 0.1) is 0 Å². The predicted octanol–water partition coefficient (Wildman–Crippen LogP) is 1.56. The third-order valence-electron chi connectivity index (χ3n) is 6.17. The standard InChI is InChI=1S/C20H36N4O4/c1-3-4-5-6-7-20(2)18(25)23(16-21-8-12-27-13-9-21)19(26)24(20)17-22-10-14-28-15-11-22/h3-17H2,1-2H3. The Bertz CT molecular complexity index is 534. The molecule has 0 aromatic heterocycles. The van der Waals surface area contributed by atoms with Crippen LogP contribution in [-0.4, -0.2) is 103 Å². The molecule has 8 heteroatoms. The number of amides is 3. The lowest BCUT2D eigenvalue weighted by molar-refractivity contribution is -0.135. The Morgan fingerprint density at radius 3 is 2.00 bits per heavy atom. The van der Waals surface area contributed by atoms with Crippen molar-refractivity contribution in [2.24, 2.45) is 0 Å². The lowest BCUT2D eigenvalue weighted by Crippen LogP contribution is -2.53. The number of carbonyl (C=O) groups excluding carboxylic acids is 2. The number of rotatable bonds is 9. The van der Waals surface area contributed by atoms with E-state index in [1.165, 1.54) is 11.3 Å². The van der Waals surface area contributed by atoms with Crippen LogP contribution in [0.2, 0.25) is 0 Å². The molecule has 3 rings (SSSR count). The van der Waals surface area contributed by atoms with Gasteiger partial charge in [0.05, 0.1) is 39.8 Å². The molecule has 0 aliphatic carbocycles. The van der Waals surface area contributed by atoms with Gasteiger partial charge in [0.2, 0.25) is 0 Å². The number of morpholine rings is 2.